The number of hydrogen-bond donors (Lipinski definition) is 3. The molecule has 8 heterocycles. The number of anilines is 4. The number of rotatable bonds is 11. The predicted octanol–water partition coefficient (Wildman–Crippen LogP) is 8.22. The Labute approximate surface area is 437 Å². The largest absolute Gasteiger partial charge is 0.367 e. The molecule has 2 aliphatic carbocycles. The summed E-state index contributed by atoms with van der Waals surface area (Å²) in [7, 11) is 0. The first-order valence-corrected chi connectivity index (χ1v) is 27.7. The molecule has 75 heavy (non-hydrogen) atoms. The molecule has 5 amide bonds. The van der Waals surface area contributed by atoms with Gasteiger partial charge in [0, 0.05) is 80.1 Å². The summed E-state index contributed by atoms with van der Waals surface area (Å²) in [5.74, 6) is -0.0530. The average molecular weight is 1020 g/mol. The Kier molecular flexibility index (Phi) is 13.2. The van der Waals surface area contributed by atoms with E-state index in [4.69, 9.17) is 9.97 Å². The van der Waals surface area contributed by atoms with Crippen LogP contribution in [0, 0.1) is 17.7 Å². The van der Waals surface area contributed by atoms with Gasteiger partial charge in [-0.05, 0) is 145 Å². The zero-order chi connectivity index (χ0) is 51.5. The molecule has 2 atom stereocenters. The minimum atomic E-state index is -0.757. The number of benzene rings is 2. The van der Waals surface area contributed by atoms with Crippen LogP contribution in [-0.2, 0) is 29.4 Å². The summed E-state index contributed by atoms with van der Waals surface area (Å²) in [6, 6.07) is 19.4. The quantitative estimate of drug-likeness (QED) is 0.109. The van der Waals surface area contributed by atoms with Crippen molar-refractivity contribution in [2.75, 3.05) is 54.8 Å². The molecule has 1 spiro atoms. The second-order valence-corrected chi connectivity index (χ2v) is 22.7. The molecule has 16 nitrogen and oxygen atoms in total. The van der Waals surface area contributed by atoms with Crippen molar-refractivity contribution < 1.29 is 28.4 Å². The van der Waals surface area contributed by atoms with Crippen LogP contribution in [0.1, 0.15) is 127 Å². The molecule has 17 heteroatoms. The van der Waals surface area contributed by atoms with Crippen LogP contribution in [0.3, 0.4) is 0 Å². The molecule has 7 aliphatic rings. The van der Waals surface area contributed by atoms with Gasteiger partial charge in [0.25, 0.3) is 0 Å². The fraction of sp³-hybridized carbons (Fsp3) is 0.517. The highest BCUT2D eigenvalue weighted by atomic mass is 19.1. The fourth-order valence-electron chi connectivity index (χ4n) is 13.5. The third-order valence-corrected chi connectivity index (χ3v) is 17.9. The van der Waals surface area contributed by atoms with Gasteiger partial charge < -0.3 is 34.8 Å². The van der Waals surface area contributed by atoms with Crippen molar-refractivity contribution in [2.45, 2.75) is 139 Å². The van der Waals surface area contributed by atoms with Crippen LogP contribution in [0.15, 0.2) is 73.2 Å². The van der Waals surface area contributed by atoms with Gasteiger partial charge in [0.05, 0.1) is 40.5 Å². The summed E-state index contributed by atoms with van der Waals surface area (Å²) in [6.45, 7) is 8.32. The molecule has 0 unspecified atom stereocenters. The van der Waals surface area contributed by atoms with Crippen LogP contribution < -0.4 is 20.9 Å². The molecule has 4 saturated heterocycles. The molecule has 0 radical (unpaired) electrons. The molecular weight excluding hydrogens is 950 g/mol. The lowest BCUT2D eigenvalue weighted by molar-refractivity contribution is -0.140. The van der Waals surface area contributed by atoms with E-state index in [9.17, 15) is 19.2 Å². The second kappa shape index (κ2) is 20.1. The maximum absolute atomic E-state index is 15.3. The zero-order valence-electron chi connectivity index (χ0n) is 43.1. The van der Waals surface area contributed by atoms with Crippen molar-refractivity contribution in [3.8, 4) is 11.3 Å². The van der Waals surface area contributed by atoms with E-state index in [0.29, 0.717) is 81.5 Å². The molecule has 3 aromatic heterocycles. The number of nitrogens with one attached hydrogen (secondary N) is 3. The van der Waals surface area contributed by atoms with Gasteiger partial charge in [-0.3, -0.25) is 29.3 Å². The monoisotopic (exact) mass is 1020 g/mol. The van der Waals surface area contributed by atoms with Crippen LogP contribution in [0.4, 0.5) is 27.4 Å². The molecule has 392 valence electrons. The summed E-state index contributed by atoms with van der Waals surface area (Å²) >= 11 is 0. The van der Waals surface area contributed by atoms with Crippen molar-refractivity contribution >= 4 is 63.6 Å². The first-order valence-electron chi connectivity index (χ1n) is 27.7. The smallest absolute Gasteiger partial charge is 0.238 e. The number of nitrogens with zero attached hydrogens (tertiary/aromatic N) is 8. The number of likely N-dealkylation sites (tertiary alicyclic amines) is 3. The van der Waals surface area contributed by atoms with E-state index < -0.39 is 5.41 Å². The third-order valence-electron chi connectivity index (χ3n) is 17.9. The van der Waals surface area contributed by atoms with E-state index in [1.54, 1.807) is 30.7 Å². The second-order valence-electron chi connectivity index (χ2n) is 22.7. The van der Waals surface area contributed by atoms with Crippen molar-refractivity contribution in [1.29, 1.82) is 0 Å². The lowest BCUT2D eigenvalue weighted by Crippen LogP contribution is -2.58. The number of aromatic nitrogens is 4. The summed E-state index contributed by atoms with van der Waals surface area (Å²) in [5.41, 5.74) is 5.33. The van der Waals surface area contributed by atoms with Crippen molar-refractivity contribution in [3.05, 3.63) is 90.1 Å². The van der Waals surface area contributed by atoms with E-state index >= 15 is 9.18 Å². The molecule has 5 aromatic rings. The maximum Gasteiger partial charge on any atom is 0.238 e. The molecule has 2 saturated carbocycles. The van der Waals surface area contributed by atoms with E-state index in [2.05, 4.69) is 62.8 Å². The Balaban J connectivity index is 0.715. The number of piperidine rings is 3. The first kappa shape index (κ1) is 49.1. The fourth-order valence-corrected chi connectivity index (χ4v) is 13.5. The number of hydrogen-bond acceptors (Lipinski definition) is 11. The minimum Gasteiger partial charge on any atom is -0.367 e. The number of carbonyl (C=O) groups is 5. The van der Waals surface area contributed by atoms with Gasteiger partial charge in [-0.15, -0.1) is 0 Å². The Morgan fingerprint density at radius 2 is 1.57 bits per heavy atom. The number of imide groups is 1. The van der Waals surface area contributed by atoms with Crippen LogP contribution in [0.2, 0.25) is 0 Å². The molecule has 3 N–H and O–H groups in total. The van der Waals surface area contributed by atoms with Gasteiger partial charge in [0.1, 0.15) is 17.2 Å². The summed E-state index contributed by atoms with van der Waals surface area (Å²) in [4.78, 5) is 90.6. The Bertz CT molecular complexity index is 3020. The van der Waals surface area contributed by atoms with Gasteiger partial charge in [-0.2, -0.15) is 0 Å². The lowest BCUT2D eigenvalue weighted by atomic mass is 9.73. The van der Waals surface area contributed by atoms with Gasteiger partial charge in [-0.25, -0.2) is 19.3 Å². The number of para-hydroxylation sites is 1. The molecule has 12 rings (SSSR count). The number of imidazole rings is 1. The Hall–Kier alpha value is -6.75. The summed E-state index contributed by atoms with van der Waals surface area (Å²) in [6.07, 6.45) is 14.7. The Morgan fingerprint density at radius 1 is 0.800 bits per heavy atom. The number of fused-ring (bicyclic) bond motifs is 3. The number of pyridine rings is 2. The zero-order valence-corrected chi connectivity index (χ0v) is 43.1. The lowest BCUT2D eigenvalue weighted by Gasteiger charge is -2.48. The summed E-state index contributed by atoms with van der Waals surface area (Å²) in [5, 5.41) is 9.21. The average Bonchev–Trinajstić information content (AvgIpc) is 4.16. The topological polar surface area (TPSA) is 178 Å². The predicted molar refractivity (Wildman–Crippen MR) is 284 cm³/mol. The number of amides is 5. The van der Waals surface area contributed by atoms with E-state index in [0.717, 1.165) is 90.8 Å². The maximum atomic E-state index is 15.3. The minimum absolute atomic E-state index is 0.0733. The molecule has 0 bridgehead atoms. The van der Waals surface area contributed by atoms with Crippen LogP contribution in [0.25, 0.3) is 22.3 Å². The molecule has 5 aliphatic heterocycles. The van der Waals surface area contributed by atoms with Crippen molar-refractivity contribution in [1.82, 2.24) is 39.5 Å². The van der Waals surface area contributed by atoms with Gasteiger partial charge in [-0.1, -0.05) is 36.8 Å². The van der Waals surface area contributed by atoms with Crippen LogP contribution in [0.5, 0.6) is 0 Å². The van der Waals surface area contributed by atoms with Crippen molar-refractivity contribution in [2.24, 2.45) is 11.8 Å². The van der Waals surface area contributed by atoms with E-state index in [-0.39, 0.29) is 71.2 Å². The number of carbonyl (C=O) groups excluding carboxylic acids is 5. The first-order chi connectivity index (χ1) is 36.4. The standard InChI is InChI=1S/C58H68FN11O5/c1-35(2)69-34-61-48-31-47(64-53(52(48)69)63-46-9-5-4-8-45(46)59)37-12-17-44-49(28-37)70(42-29-41(30-42)66-23-6-3-7-24-66)57(75)58(44)21-26-67(27-22-58)56(74)39-20-25-68(33-39)55(73)36-10-14-40(15-11-36)62-50-18-13-38(32-60-50)43-16-19-51(71)65-54(43)72/h4-5,8-9,12-13,17-18,28,31-32,34-36,39-43H,3,6-7,10-11,14-16,19-27,29-30,33H2,1-2H3,(H,60,62)(H,63,64)(H,65,71,72)/t36?,39-,40?,41?,42?,43-/m1/s1. The van der Waals surface area contributed by atoms with Gasteiger partial charge in [0.2, 0.25) is 29.5 Å². The molecular formula is C58H68FN11O5. The van der Waals surface area contributed by atoms with Crippen molar-refractivity contribution in [3.63, 3.8) is 0 Å². The molecule has 6 fully saturated rings. The highest BCUT2D eigenvalue weighted by Gasteiger charge is 2.56. The highest BCUT2D eigenvalue weighted by molar-refractivity contribution is 6.09. The van der Waals surface area contributed by atoms with Gasteiger partial charge >= 0.3 is 0 Å². The molecule has 2 aromatic carbocycles. The van der Waals surface area contributed by atoms with E-state index in [1.807, 2.05) is 32.6 Å². The SMILES string of the molecule is CC(C)n1cnc2cc(-c3ccc4c(c3)N(C3CC(N5CCCCC5)C3)C(=O)C43CCN(C(=O)[C@@H]4CCN(C(=O)C5CCC(Nc6ccc([C@H]7CCC(=O)NC7=O)cn6)CC5)C4)CC3)nc(Nc3ccccc3F)c21. The van der Waals surface area contributed by atoms with Gasteiger partial charge in [0.15, 0.2) is 5.82 Å². The van der Waals surface area contributed by atoms with E-state index in [1.165, 1.54) is 25.3 Å². The third kappa shape index (κ3) is 9.22. The summed E-state index contributed by atoms with van der Waals surface area (Å²) < 4.78 is 17.2. The highest BCUT2D eigenvalue weighted by Crippen LogP contribution is 2.52. The van der Waals surface area contributed by atoms with Crippen LogP contribution in [-0.4, -0.2) is 121 Å². The Morgan fingerprint density at radius 3 is 2.31 bits per heavy atom. The van der Waals surface area contributed by atoms with Crippen LogP contribution >= 0.6 is 0 Å². The normalized spacial score (nSPS) is 25.9. The number of halogens is 1.